The molecule has 0 aromatic rings. The molecule has 0 atom stereocenters. The van der Waals surface area contributed by atoms with Crippen molar-refractivity contribution in [3.63, 3.8) is 0 Å². The number of thiol groups is 2. The Bertz CT molecular complexity index is 423. The van der Waals surface area contributed by atoms with Gasteiger partial charge in [-0.2, -0.15) is 35.1 Å². The van der Waals surface area contributed by atoms with Gasteiger partial charge in [0.1, 0.15) is 0 Å². The van der Waals surface area contributed by atoms with Crippen LogP contribution in [0.1, 0.15) is 0 Å². The molecule has 0 saturated heterocycles. The van der Waals surface area contributed by atoms with E-state index in [1.165, 1.54) is 0 Å². The molecule has 4 nitrogen and oxygen atoms in total. The van der Waals surface area contributed by atoms with Gasteiger partial charge in [-0.25, -0.2) is 16.8 Å². The minimum absolute atomic E-state index is 0. The van der Waals surface area contributed by atoms with E-state index >= 15 is 0 Å². The van der Waals surface area contributed by atoms with Crippen LogP contribution < -0.4 is 0 Å². The van der Waals surface area contributed by atoms with Crippen LogP contribution in [0.2, 0.25) is 0 Å². The number of halogens is 8. The van der Waals surface area contributed by atoms with E-state index in [0.717, 1.165) is 0 Å². The van der Waals surface area contributed by atoms with Crippen molar-refractivity contribution in [3.8, 4) is 0 Å². The molecule has 0 fully saturated rings. The molecule has 0 spiro atoms. The predicted octanol–water partition coefficient (Wildman–Crippen LogP) is 0.0169. The van der Waals surface area contributed by atoms with Gasteiger partial charge in [0.25, 0.3) is 0 Å². The van der Waals surface area contributed by atoms with Crippen molar-refractivity contribution in [2.24, 2.45) is 0 Å². The van der Waals surface area contributed by atoms with Crippen molar-refractivity contribution in [2.45, 2.75) is 22.4 Å². The van der Waals surface area contributed by atoms with Gasteiger partial charge in [-0.3, -0.25) is 0 Å². The molecule has 19 heavy (non-hydrogen) atoms. The summed E-state index contributed by atoms with van der Waals surface area (Å²) in [6, 6.07) is 0. The first-order valence-electron chi connectivity index (χ1n) is 3.44. The molecular formula is C4H3F8LiO4S2. The Morgan fingerprint density at radius 2 is 0.684 bits per heavy atom. The van der Waals surface area contributed by atoms with Crippen LogP contribution in [0.15, 0.2) is 0 Å². The standard InChI is InChI=1S/C4H2F8O4S2.Li.H/c5-1(6,3(9,10)17(13)14)2(7,8)4(11,12)18(15)16;;/h17-18H;;. The fourth-order valence-electron chi connectivity index (χ4n) is 0.607. The molecule has 0 aliphatic heterocycles. The maximum atomic E-state index is 12.5. The maximum absolute atomic E-state index is 12.5. The third-order valence-corrected chi connectivity index (χ3v) is 3.09. The van der Waals surface area contributed by atoms with E-state index in [4.69, 9.17) is 0 Å². The molecular weight excluding hydrogens is 335 g/mol. The Balaban J connectivity index is 0. The van der Waals surface area contributed by atoms with Crippen molar-refractivity contribution in [1.29, 1.82) is 0 Å². The third kappa shape index (κ3) is 3.01. The molecule has 0 aromatic carbocycles. The van der Waals surface area contributed by atoms with Crippen LogP contribution in [0.3, 0.4) is 0 Å². The summed E-state index contributed by atoms with van der Waals surface area (Å²) in [4.78, 5) is 0. The third-order valence-electron chi connectivity index (χ3n) is 1.61. The normalized spacial score (nSPS) is 14.6. The van der Waals surface area contributed by atoms with Crippen LogP contribution >= 0.6 is 0 Å². The van der Waals surface area contributed by atoms with Crippen LogP contribution in [0.4, 0.5) is 35.1 Å². The summed E-state index contributed by atoms with van der Waals surface area (Å²) in [7, 11) is -11.1. The minimum atomic E-state index is -7.12. The Hall–Kier alpha value is -0.0626. The first-order chi connectivity index (χ1) is 7.64. The average molecular weight is 338 g/mol. The van der Waals surface area contributed by atoms with Gasteiger partial charge in [-0.05, 0) is 0 Å². The summed E-state index contributed by atoms with van der Waals surface area (Å²) in [5, 5.41) is -13.1. The van der Waals surface area contributed by atoms with E-state index in [1.807, 2.05) is 0 Å². The Labute approximate surface area is 115 Å². The molecule has 0 amide bonds. The van der Waals surface area contributed by atoms with Crippen molar-refractivity contribution >= 4 is 40.3 Å². The molecule has 15 heteroatoms. The van der Waals surface area contributed by atoms with Gasteiger partial charge in [0, 0.05) is 0 Å². The fraction of sp³-hybridized carbons (Fsp3) is 1.00. The zero-order valence-corrected chi connectivity index (χ0v) is 9.34. The van der Waals surface area contributed by atoms with E-state index < -0.39 is 43.8 Å². The van der Waals surface area contributed by atoms with Crippen molar-refractivity contribution in [3.05, 3.63) is 0 Å². The molecule has 0 saturated carbocycles. The van der Waals surface area contributed by atoms with Crippen molar-refractivity contribution in [2.75, 3.05) is 0 Å². The van der Waals surface area contributed by atoms with E-state index in [2.05, 4.69) is 0 Å². The van der Waals surface area contributed by atoms with Gasteiger partial charge in [0.2, 0.25) is 21.4 Å². The SMILES string of the molecule is O=[SH](=O)C(F)(F)C(F)(F)C(F)(F)C(F)(F)[SH](=O)=O.[LiH]. The van der Waals surface area contributed by atoms with E-state index in [-0.39, 0.29) is 18.9 Å². The monoisotopic (exact) mass is 338 g/mol. The fourth-order valence-corrected chi connectivity index (χ4v) is 1.35. The topological polar surface area (TPSA) is 68.3 Å². The van der Waals surface area contributed by atoms with Gasteiger partial charge in [-0.15, -0.1) is 0 Å². The summed E-state index contributed by atoms with van der Waals surface area (Å²) >= 11 is 0. The molecule has 0 aromatic heterocycles. The molecule has 0 radical (unpaired) electrons. The molecule has 0 aliphatic carbocycles. The molecule has 0 bridgehead atoms. The molecule has 0 unspecified atom stereocenters. The molecule has 112 valence electrons. The van der Waals surface area contributed by atoms with E-state index in [1.54, 1.807) is 0 Å². The van der Waals surface area contributed by atoms with E-state index in [9.17, 15) is 52.0 Å². The molecule has 0 heterocycles. The van der Waals surface area contributed by atoms with Gasteiger partial charge in [0.05, 0.1) is 0 Å². The summed E-state index contributed by atoms with van der Waals surface area (Å²) < 4.78 is 138. The average Bonchev–Trinajstić information content (AvgIpc) is 2.15. The second kappa shape index (κ2) is 5.74. The summed E-state index contributed by atoms with van der Waals surface area (Å²) in [6.45, 7) is 0. The Morgan fingerprint density at radius 3 is 0.789 bits per heavy atom. The van der Waals surface area contributed by atoms with Crippen molar-refractivity contribution < 1.29 is 52.0 Å². The summed E-state index contributed by atoms with van der Waals surface area (Å²) in [6.07, 6.45) is 0. The van der Waals surface area contributed by atoms with Crippen LogP contribution in [0, 0.1) is 0 Å². The summed E-state index contributed by atoms with van der Waals surface area (Å²) in [5.41, 5.74) is 0. The molecule has 0 N–H and O–H groups in total. The second-order valence-corrected chi connectivity index (χ2v) is 4.90. The first kappa shape index (κ1) is 21.2. The Morgan fingerprint density at radius 1 is 0.526 bits per heavy atom. The van der Waals surface area contributed by atoms with Crippen LogP contribution in [0.5, 0.6) is 0 Å². The quantitative estimate of drug-likeness (QED) is 0.421. The second-order valence-electron chi connectivity index (χ2n) is 2.75. The van der Waals surface area contributed by atoms with Gasteiger partial charge < -0.3 is 0 Å². The zero-order chi connectivity index (χ0) is 15.2. The molecule has 0 rings (SSSR count). The zero-order valence-electron chi connectivity index (χ0n) is 7.55. The van der Waals surface area contributed by atoms with Gasteiger partial charge >= 0.3 is 41.2 Å². The van der Waals surface area contributed by atoms with Gasteiger partial charge in [0.15, 0.2) is 0 Å². The van der Waals surface area contributed by atoms with Crippen LogP contribution in [-0.2, 0) is 21.4 Å². The molecule has 0 aliphatic rings. The van der Waals surface area contributed by atoms with Gasteiger partial charge in [-0.1, -0.05) is 0 Å². The number of rotatable bonds is 5. The van der Waals surface area contributed by atoms with E-state index in [0.29, 0.717) is 0 Å². The van der Waals surface area contributed by atoms with Crippen LogP contribution in [-0.4, -0.2) is 58.1 Å². The van der Waals surface area contributed by atoms with Crippen molar-refractivity contribution in [1.82, 2.24) is 0 Å². The number of hydrogen-bond donors (Lipinski definition) is 2. The Kier molecular flexibility index (Phi) is 6.42. The first-order valence-corrected chi connectivity index (χ1v) is 5.79. The predicted molar refractivity (Wildman–Crippen MR) is 47.6 cm³/mol. The van der Waals surface area contributed by atoms with Crippen LogP contribution in [0.25, 0.3) is 0 Å². The number of alkyl halides is 8. The summed E-state index contributed by atoms with van der Waals surface area (Å²) in [5.74, 6) is -14.2. The number of hydrogen-bond acceptors (Lipinski definition) is 4.